The van der Waals surface area contributed by atoms with Gasteiger partial charge in [0.2, 0.25) is 5.82 Å². The first kappa shape index (κ1) is 13.0. The summed E-state index contributed by atoms with van der Waals surface area (Å²) in [6.07, 6.45) is 1.87. The Morgan fingerprint density at radius 2 is 2.09 bits per heavy atom. The summed E-state index contributed by atoms with van der Waals surface area (Å²) in [7, 11) is 0. The highest BCUT2D eigenvalue weighted by atomic mass is 16.5. The zero-order valence-corrected chi connectivity index (χ0v) is 12.2. The minimum absolute atomic E-state index is 0.220. The van der Waals surface area contributed by atoms with E-state index in [1.807, 2.05) is 41.9 Å². The van der Waals surface area contributed by atoms with Gasteiger partial charge in [-0.15, -0.1) is 0 Å². The number of anilines is 1. The summed E-state index contributed by atoms with van der Waals surface area (Å²) in [5.74, 6) is 2.46. The average molecular weight is 296 g/mol. The van der Waals surface area contributed by atoms with Crippen LogP contribution in [0.5, 0.6) is 0 Å². The van der Waals surface area contributed by atoms with Gasteiger partial charge in [-0.25, -0.2) is 9.67 Å². The second kappa shape index (κ2) is 5.25. The molecule has 1 aromatic carbocycles. The molecular weight excluding hydrogens is 280 g/mol. The number of aromatic nitrogens is 5. The van der Waals surface area contributed by atoms with Crippen molar-refractivity contribution in [2.75, 3.05) is 5.32 Å². The standard InChI is InChI=1S/C15H16N6O/c1-10-16-13-8-7-12(9-21(13)19-10)17-15-18-14(20-22-15)11-5-3-2-4-6-11/h2-6,12H,7-9H2,1H3,(H,17,18,20)/t12-/m0/s1. The molecule has 0 bridgehead atoms. The predicted octanol–water partition coefficient (Wildman–Crippen LogP) is 2.06. The number of rotatable bonds is 3. The third kappa shape index (κ3) is 2.45. The first-order valence-corrected chi connectivity index (χ1v) is 7.34. The number of nitrogens with zero attached hydrogens (tertiary/aromatic N) is 5. The summed E-state index contributed by atoms with van der Waals surface area (Å²) in [4.78, 5) is 8.81. The monoisotopic (exact) mass is 296 g/mol. The van der Waals surface area contributed by atoms with Crippen molar-refractivity contribution in [1.29, 1.82) is 0 Å². The Morgan fingerprint density at radius 1 is 1.23 bits per heavy atom. The van der Waals surface area contributed by atoms with Crippen molar-refractivity contribution in [3.63, 3.8) is 0 Å². The number of hydrogen-bond donors (Lipinski definition) is 1. The maximum Gasteiger partial charge on any atom is 0.322 e. The summed E-state index contributed by atoms with van der Waals surface area (Å²) in [5, 5.41) is 11.7. The SMILES string of the molecule is Cc1nc2n(n1)C[C@@H](Nc1nc(-c3ccccc3)no1)CC2. The molecule has 22 heavy (non-hydrogen) atoms. The molecule has 112 valence electrons. The largest absolute Gasteiger partial charge is 0.333 e. The summed E-state index contributed by atoms with van der Waals surface area (Å²) < 4.78 is 7.25. The van der Waals surface area contributed by atoms with Crippen LogP contribution in [-0.4, -0.2) is 30.9 Å². The minimum atomic E-state index is 0.220. The Hall–Kier alpha value is -2.70. The van der Waals surface area contributed by atoms with E-state index in [0.717, 1.165) is 36.6 Å². The van der Waals surface area contributed by atoms with Crippen molar-refractivity contribution in [2.24, 2.45) is 0 Å². The summed E-state index contributed by atoms with van der Waals surface area (Å²) >= 11 is 0. The van der Waals surface area contributed by atoms with Crippen LogP contribution in [0.15, 0.2) is 34.9 Å². The number of aryl methyl sites for hydroxylation is 2. The zero-order valence-electron chi connectivity index (χ0n) is 12.2. The van der Waals surface area contributed by atoms with Gasteiger partial charge in [0.25, 0.3) is 0 Å². The molecule has 7 nitrogen and oxygen atoms in total. The Balaban J connectivity index is 1.47. The lowest BCUT2D eigenvalue weighted by Gasteiger charge is -2.22. The first-order chi connectivity index (χ1) is 10.8. The van der Waals surface area contributed by atoms with Gasteiger partial charge < -0.3 is 9.84 Å². The van der Waals surface area contributed by atoms with E-state index < -0.39 is 0 Å². The van der Waals surface area contributed by atoms with E-state index >= 15 is 0 Å². The highest BCUT2D eigenvalue weighted by Gasteiger charge is 2.22. The molecule has 1 N–H and O–H groups in total. The van der Waals surface area contributed by atoms with E-state index in [1.54, 1.807) is 0 Å². The lowest BCUT2D eigenvalue weighted by molar-refractivity contribution is 0.400. The Morgan fingerprint density at radius 3 is 2.95 bits per heavy atom. The van der Waals surface area contributed by atoms with Crippen LogP contribution in [0.4, 0.5) is 6.01 Å². The topological polar surface area (TPSA) is 81.7 Å². The molecule has 7 heteroatoms. The van der Waals surface area contributed by atoms with Crippen LogP contribution >= 0.6 is 0 Å². The van der Waals surface area contributed by atoms with Crippen LogP contribution in [0.25, 0.3) is 11.4 Å². The van der Waals surface area contributed by atoms with Crippen molar-refractivity contribution >= 4 is 6.01 Å². The molecule has 0 amide bonds. The van der Waals surface area contributed by atoms with Gasteiger partial charge >= 0.3 is 6.01 Å². The summed E-state index contributed by atoms with van der Waals surface area (Å²) in [6.45, 7) is 2.68. The van der Waals surface area contributed by atoms with E-state index in [2.05, 4.69) is 25.5 Å². The van der Waals surface area contributed by atoms with E-state index in [9.17, 15) is 0 Å². The lowest BCUT2D eigenvalue weighted by Crippen LogP contribution is -2.32. The second-order valence-electron chi connectivity index (χ2n) is 5.43. The minimum Gasteiger partial charge on any atom is -0.333 e. The first-order valence-electron chi connectivity index (χ1n) is 7.34. The summed E-state index contributed by atoms with van der Waals surface area (Å²) in [5.41, 5.74) is 0.942. The van der Waals surface area contributed by atoms with E-state index in [1.165, 1.54) is 0 Å². The van der Waals surface area contributed by atoms with Crippen molar-refractivity contribution in [2.45, 2.75) is 32.4 Å². The molecular formula is C15H16N6O. The van der Waals surface area contributed by atoms with Crippen LogP contribution < -0.4 is 5.32 Å². The molecule has 0 spiro atoms. The average Bonchev–Trinajstić information content (AvgIpc) is 3.13. The van der Waals surface area contributed by atoms with Gasteiger partial charge in [0.1, 0.15) is 11.6 Å². The molecule has 0 saturated carbocycles. The number of hydrogen-bond acceptors (Lipinski definition) is 6. The smallest absolute Gasteiger partial charge is 0.322 e. The molecule has 2 aromatic heterocycles. The normalized spacial score (nSPS) is 17.2. The van der Waals surface area contributed by atoms with Crippen molar-refractivity contribution in [1.82, 2.24) is 24.9 Å². The fraction of sp³-hybridized carbons (Fsp3) is 0.333. The molecule has 4 rings (SSSR count). The highest BCUT2D eigenvalue weighted by Crippen LogP contribution is 2.20. The second-order valence-corrected chi connectivity index (χ2v) is 5.43. The van der Waals surface area contributed by atoms with E-state index in [4.69, 9.17) is 4.52 Å². The van der Waals surface area contributed by atoms with Crippen LogP contribution in [-0.2, 0) is 13.0 Å². The van der Waals surface area contributed by atoms with Gasteiger partial charge in [-0.1, -0.05) is 35.5 Å². The third-order valence-corrected chi connectivity index (χ3v) is 3.75. The van der Waals surface area contributed by atoms with Gasteiger partial charge in [0.05, 0.1) is 12.6 Å². The fourth-order valence-electron chi connectivity index (χ4n) is 2.71. The van der Waals surface area contributed by atoms with Gasteiger partial charge in [0.15, 0.2) is 0 Å². The zero-order chi connectivity index (χ0) is 14.9. The predicted molar refractivity (Wildman–Crippen MR) is 80.2 cm³/mol. The van der Waals surface area contributed by atoms with Gasteiger partial charge in [-0.3, -0.25) is 0 Å². The molecule has 3 heterocycles. The highest BCUT2D eigenvalue weighted by molar-refractivity contribution is 5.54. The maximum absolute atomic E-state index is 5.30. The maximum atomic E-state index is 5.30. The van der Waals surface area contributed by atoms with Crippen LogP contribution in [0.2, 0.25) is 0 Å². The van der Waals surface area contributed by atoms with Crippen molar-refractivity contribution in [3.05, 3.63) is 42.0 Å². The molecule has 0 fully saturated rings. The number of fused-ring (bicyclic) bond motifs is 1. The molecule has 1 aliphatic rings. The quantitative estimate of drug-likeness (QED) is 0.796. The van der Waals surface area contributed by atoms with Gasteiger partial charge in [-0.2, -0.15) is 10.1 Å². The number of benzene rings is 1. The third-order valence-electron chi connectivity index (χ3n) is 3.75. The van der Waals surface area contributed by atoms with Gasteiger partial charge in [-0.05, 0) is 13.3 Å². The van der Waals surface area contributed by atoms with E-state index in [0.29, 0.717) is 11.8 Å². The lowest BCUT2D eigenvalue weighted by atomic mass is 10.1. The van der Waals surface area contributed by atoms with Crippen molar-refractivity contribution < 1.29 is 4.52 Å². The van der Waals surface area contributed by atoms with Crippen LogP contribution in [0.3, 0.4) is 0 Å². The fourth-order valence-corrected chi connectivity index (χ4v) is 2.71. The molecule has 1 aliphatic heterocycles. The van der Waals surface area contributed by atoms with Gasteiger partial charge in [0, 0.05) is 12.0 Å². The molecule has 0 saturated heterocycles. The number of nitrogens with one attached hydrogen (secondary N) is 1. The van der Waals surface area contributed by atoms with Crippen molar-refractivity contribution in [3.8, 4) is 11.4 Å². The molecule has 0 radical (unpaired) electrons. The van der Waals surface area contributed by atoms with E-state index in [-0.39, 0.29) is 6.04 Å². The molecule has 0 unspecified atom stereocenters. The Labute approximate surface area is 127 Å². The van der Waals surface area contributed by atoms with Crippen LogP contribution in [0.1, 0.15) is 18.1 Å². The molecule has 1 atom stereocenters. The Bertz CT molecular complexity index is 778. The van der Waals surface area contributed by atoms with Crippen LogP contribution in [0, 0.1) is 6.92 Å². The summed E-state index contributed by atoms with van der Waals surface area (Å²) in [6, 6.07) is 10.5. The Kier molecular flexibility index (Phi) is 3.10. The molecule has 3 aromatic rings. The molecule has 0 aliphatic carbocycles.